The van der Waals surface area contributed by atoms with Crippen molar-refractivity contribution in [1.82, 2.24) is 5.32 Å². The second-order valence-corrected chi connectivity index (χ2v) is 5.83. The van der Waals surface area contributed by atoms with E-state index in [0.29, 0.717) is 0 Å². The summed E-state index contributed by atoms with van der Waals surface area (Å²) in [7, 11) is 0. The highest BCUT2D eigenvalue weighted by molar-refractivity contribution is 9.10. The van der Waals surface area contributed by atoms with Gasteiger partial charge in [-0.25, -0.2) is 0 Å². The average molecular weight is 311 g/mol. The Kier molecular flexibility index (Phi) is 5.07. The van der Waals surface area contributed by atoms with Crippen LogP contribution in [0.15, 0.2) is 22.7 Å². The zero-order valence-electron chi connectivity index (χ0n) is 11.4. The van der Waals surface area contributed by atoms with Gasteiger partial charge in [0.25, 0.3) is 0 Å². The number of nitrogens with zero attached hydrogens (tertiary/aromatic N) is 1. The van der Waals surface area contributed by atoms with Crippen LogP contribution in [0.1, 0.15) is 38.7 Å². The molecule has 100 valence electrons. The van der Waals surface area contributed by atoms with E-state index in [1.54, 1.807) is 0 Å². The first-order valence-electron chi connectivity index (χ1n) is 7.02. The van der Waals surface area contributed by atoms with Crippen molar-refractivity contribution in [3.05, 3.63) is 28.2 Å². The van der Waals surface area contributed by atoms with Gasteiger partial charge in [0.2, 0.25) is 0 Å². The fourth-order valence-corrected chi connectivity index (χ4v) is 2.77. The van der Waals surface area contributed by atoms with Gasteiger partial charge in [-0.3, -0.25) is 0 Å². The van der Waals surface area contributed by atoms with Crippen LogP contribution in [0.25, 0.3) is 0 Å². The number of nitrogens with one attached hydrogen (secondary N) is 1. The van der Waals surface area contributed by atoms with Crippen molar-refractivity contribution in [2.45, 2.75) is 45.7 Å². The summed E-state index contributed by atoms with van der Waals surface area (Å²) in [5, 5.41) is 3.37. The number of anilines is 1. The quantitative estimate of drug-likeness (QED) is 0.820. The van der Waals surface area contributed by atoms with Crippen molar-refractivity contribution < 1.29 is 0 Å². The van der Waals surface area contributed by atoms with E-state index < -0.39 is 0 Å². The van der Waals surface area contributed by atoms with Gasteiger partial charge in [-0.05, 0) is 43.5 Å². The van der Waals surface area contributed by atoms with Crippen molar-refractivity contribution in [3.63, 3.8) is 0 Å². The summed E-state index contributed by atoms with van der Waals surface area (Å²) in [5.74, 6) is 0. The first-order chi connectivity index (χ1) is 8.76. The third-order valence-electron chi connectivity index (χ3n) is 3.39. The van der Waals surface area contributed by atoms with Crippen LogP contribution in [0.4, 0.5) is 5.69 Å². The molecule has 0 bridgehead atoms. The normalized spacial score (nSPS) is 14.8. The highest BCUT2D eigenvalue weighted by atomic mass is 79.9. The maximum Gasteiger partial charge on any atom is 0.0380 e. The Bertz CT molecular complexity index is 388. The maximum atomic E-state index is 3.70. The van der Waals surface area contributed by atoms with Gasteiger partial charge in [0.15, 0.2) is 0 Å². The molecule has 1 N–H and O–H groups in total. The number of halogens is 1. The molecule has 0 saturated heterocycles. The average Bonchev–Trinajstić information content (AvgIpc) is 3.19. The highest BCUT2D eigenvalue weighted by Gasteiger charge is 2.28. The first-order valence-corrected chi connectivity index (χ1v) is 7.81. The Morgan fingerprint density at radius 1 is 1.33 bits per heavy atom. The SMILES string of the molecule is CCCN(c1ccc(CNCC)c(Br)c1)C1CC1. The zero-order valence-corrected chi connectivity index (χ0v) is 13.0. The van der Waals surface area contributed by atoms with Crippen LogP contribution < -0.4 is 10.2 Å². The summed E-state index contributed by atoms with van der Waals surface area (Å²) >= 11 is 3.70. The van der Waals surface area contributed by atoms with Crippen LogP contribution in [0.3, 0.4) is 0 Å². The summed E-state index contributed by atoms with van der Waals surface area (Å²) in [4.78, 5) is 2.56. The third kappa shape index (κ3) is 3.48. The van der Waals surface area contributed by atoms with Crippen LogP contribution in [0.2, 0.25) is 0 Å². The van der Waals surface area contributed by atoms with Gasteiger partial charge in [-0.15, -0.1) is 0 Å². The van der Waals surface area contributed by atoms with Crippen molar-refractivity contribution in [2.24, 2.45) is 0 Å². The predicted octanol–water partition coefficient (Wildman–Crippen LogP) is 3.94. The van der Waals surface area contributed by atoms with E-state index >= 15 is 0 Å². The molecule has 0 spiro atoms. The number of rotatable bonds is 7. The lowest BCUT2D eigenvalue weighted by Gasteiger charge is -2.25. The maximum absolute atomic E-state index is 3.70. The molecule has 1 aliphatic carbocycles. The summed E-state index contributed by atoms with van der Waals surface area (Å²) in [6.07, 6.45) is 3.93. The van der Waals surface area contributed by atoms with Gasteiger partial charge in [0.1, 0.15) is 0 Å². The molecule has 1 aliphatic rings. The van der Waals surface area contributed by atoms with Crippen molar-refractivity contribution >= 4 is 21.6 Å². The van der Waals surface area contributed by atoms with Crippen LogP contribution in [0, 0.1) is 0 Å². The largest absolute Gasteiger partial charge is 0.369 e. The molecule has 0 heterocycles. The van der Waals surface area contributed by atoms with E-state index in [1.807, 2.05) is 0 Å². The minimum absolute atomic E-state index is 0.788. The second-order valence-electron chi connectivity index (χ2n) is 4.98. The molecule has 1 aromatic rings. The second kappa shape index (κ2) is 6.58. The van der Waals surface area contributed by atoms with E-state index in [1.165, 1.54) is 41.5 Å². The summed E-state index contributed by atoms with van der Waals surface area (Å²) in [6.45, 7) is 7.51. The standard InChI is InChI=1S/C15H23BrN2/c1-3-9-18(13-7-8-13)14-6-5-12(11-17-4-2)15(16)10-14/h5-6,10,13,17H,3-4,7-9,11H2,1-2H3. The summed E-state index contributed by atoms with van der Waals surface area (Å²) in [6, 6.07) is 7.58. The topological polar surface area (TPSA) is 15.3 Å². The molecule has 0 unspecified atom stereocenters. The van der Waals surface area contributed by atoms with E-state index in [4.69, 9.17) is 0 Å². The van der Waals surface area contributed by atoms with Crippen LogP contribution in [0.5, 0.6) is 0 Å². The lowest BCUT2D eigenvalue weighted by atomic mass is 10.2. The van der Waals surface area contributed by atoms with E-state index in [2.05, 4.69) is 58.2 Å². The Hall–Kier alpha value is -0.540. The third-order valence-corrected chi connectivity index (χ3v) is 4.12. The van der Waals surface area contributed by atoms with Crippen LogP contribution >= 0.6 is 15.9 Å². The fourth-order valence-electron chi connectivity index (χ4n) is 2.27. The molecule has 0 amide bonds. The molecule has 0 atom stereocenters. The minimum Gasteiger partial charge on any atom is -0.369 e. The molecule has 2 rings (SSSR count). The Labute approximate surface area is 119 Å². The smallest absolute Gasteiger partial charge is 0.0380 e. The molecule has 2 nitrogen and oxygen atoms in total. The highest BCUT2D eigenvalue weighted by Crippen LogP contribution is 2.33. The summed E-state index contributed by atoms with van der Waals surface area (Å²) < 4.78 is 1.22. The minimum atomic E-state index is 0.788. The molecular weight excluding hydrogens is 288 g/mol. The lowest BCUT2D eigenvalue weighted by molar-refractivity contribution is 0.723. The monoisotopic (exact) mass is 310 g/mol. The summed E-state index contributed by atoms with van der Waals surface area (Å²) in [5.41, 5.74) is 2.71. The molecule has 3 heteroatoms. The van der Waals surface area contributed by atoms with Gasteiger partial charge < -0.3 is 10.2 Å². The fraction of sp³-hybridized carbons (Fsp3) is 0.600. The Morgan fingerprint density at radius 2 is 2.11 bits per heavy atom. The van der Waals surface area contributed by atoms with Gasteiger partial charge in [-0.2, -0.15) is 0 Å². The van der Waals surface area contributed by atoms with Crippen LogP contribution in [-0.2, 0) is 6.54 Å². The molecule has 18 heavy (non-hydrogen) atoms. The van der Waals surface area contributed by atoms with Crippen molar-refractivity contribution in [3.8, 4) is 0 Å². The number of benzene rings is 1. The molecular formula is C15H23BrN2. The molecule has 1 fully saturated rings. The van der Waals surface area contributed by atoms with Crippen molar-refractivity contribution in [2.75, 3.05) is 18.0 Å². The first kappa shape index (κ1) is 13.9. The van der Waals surface area contributed by atoms with Crippen LogP contribution in [-0.4, -0.2) is 19.1 Å². The van der Waals surface area contributed by atoms with E-state index in [-0.39, 0.29) is 0 Å². The lowest BCUT2D eigenvalue weighted by Crippen LogP contribution is -2.26. The Balaban J connectivity index is 2.10. The van der Waals surface area contributed by atoms with Gasteiger partial charge in [0.05, 0.1) is 0 Å². The number of hydrogen-bond acceptors (Lipinski definition) is 2. The molecule has 1 saturated carbocycles. The predicted molar refractivity (Wildman–Crippen MR) is 82.2 cm³/mol. The van der Waals surface area contributed by atoms with E-state index in [9.17, 15) is 0 Å². The molecule has 0 aliphatic heterocycles. The molecule has 0 aromatic heterocycles. The van der Waals surface area contributed by atoms with Gasteiger partial charge >= 0.3 is 0 Å². The van der Waals surface area contributed by atoms with Gasteiger partial charge in [0, 0.05) is 29.3 Å². The van der Waals surface area contributed by atoms with Gasteiger partial charge in [-0.1, -0.05) is 35.8 Å². The van der Waals surface area contributed by atoms with Crippen molar-refractivity contribution in [1.29, 1.82) is 0 Å². The number of hydrogen-bond donors (Lipinski definition) is 1. The van der Waals surface area contributed by atoms with E-state index in [0.717, 1.165) is 19.1 Å². The molecule has 0 radical (unpaired) electrons. The molecule has 1 aromatic carbocycles. The zero-order chi connectivity index (χ0) is 13.0. The Morgan fingerprint density at radius 3 is 2.67 bits per heavy atom.